The third kappa shape index (κ3) is 5.41. The summed E-state index contributed by atoms with van der Waals surface area (Å²) in [6.07, 6.45) is 6.27. The molecule has 2 aromatic carbocycles. The highest BCUT2D eigenvalue weighted by atomic mass is 35.5. The summed E-state index contributed by atoms with van der Waals surface area (Å²) in [7, 11) is 0. The molecule has 6 nitrogen and oxygen atoms in total. The standard InChI is InChI=1S/C26H29ClFN3O3/c1-2-30(24(32)12-17-6-4-3-5-7-17)15-18-13-20(28)9-10-21(18)26-22-14-19(27)8-11-23(22)31(29-26)16-25(33)34/h8-11,13-14,17H,2-7,12,15-16H2,1H3,(H,33,34). The van der Waals surface area contributed by atoms with Crippen LogP contribution in [0.5, 0.6) is 0 Å². The van der Waals surface area contributed by atoms with Crippen LogP contribution in [0.3, 0.4) is 0 Å². The fourth-order valence-electron chi connectivity index (χ4n) is 4.87. The second-order valence-corrected chi connectivity index (χ2v) is 9.42. The van der Waals surface area contributed by atoms with Gasteiger partial charge in [0, 0.05) is 35.5 Å². The zero-order valence-corrected chi connectivity index (χ0v) is 20.0. The van der Waals surface area contributed by atoms with Crippen molar-refractivity contribution in [3.63, 3.8) is 0 Å². The van der Waals surface area contributed by atoms with Crippen molar-refractivity contribution in [1.82, 2.24) is 14.7 Å². The van der Waals surface area contributed by atoms with Gasteiger partial charge in [-0.25, -0.2) is 4.39 Å². The van der Waals surface area contributed by atoms with Gasteiger partial charge in [-0.2, -0.15) is 5.10 Å². The van der Waals surface area contributed by atoms with E-state index in [1.807, 2.05) is 6.92 Å². The van der Waals surface area contributed by atoms with Gasteiger partial charge in [0.25, 0.3) is 0 Å². The van der Waals surface area contributed by atoms with Crippen LogP contribution >= 0.6 is 11.6 Å². The summed E-state index contributed by atoms with van der Waals surface area (Å²) >= 11 is 6.23. The van der Waals surface area contributed by atoms with E-state index in [9.17, 15) is 19.1 Å². The SMILES string of the molecule is CCN(Cc1cc(F)ccc1-c1nn(CC(=O)O)c2ccc(Cl)cc12)C(=O)CC1CCCCC1. The molecule has 1 aliphatic rings. The highest BCUT2D eigenvalue weighted by molar-refractivity contribution is 6.31. The summed E-state index contributed by atoms with van der Waals surface area (Å²) in [6, 6.07) is 9.56. The van der Waals surface area contributed by atoms with Crippen LogP contribution in [0.15, 0.2) is 36.4 Å². The number of hydrogen-bond donors (Lipinski definition) is 1. The van der Waals surface area contributed by atoms with Crippen LogP contribution in [0.25, 0.3) is 22.2 Å². The number of rotatable bonds is 8. The minimum absolute atomic E-state index is 0.0777. The number of benzene rings is 2. The second kappa shape index (κ2) is 10.6. The van der Waals surface area contributed by atoms with Crippen LogP contribution in [0.2, 0.25) is 5.02 Å². The molecule has 0 aliphatic heterocycles. The van der Waals surface area contributed by atoms with Crippen molar-refractivity contribution in [1.29, 1.82) is 0 Å². The first-order valence-electron chi connectivity index (χ1n) is 11.8. The largest absolute Gasteiger partial charge is 0.480 e. The number of carbonyl (C=O) groups is 2. The number of amides is 1. The van der Waals surface area contributed by atoms with Gasteiger partial charge in [0.2, 0.25) is 5.91 Å². The number of carboxylic acid groups (broad SMARTS) is 1. The van der Waals surface area contributed by atoms with E-state index in [4.69, 9.17) is 11.6 Å². The Morgan fingerprint density at radius 2 is 1.94 bits per heavy atom. The molecule has 0 atom stereocenters. The quantitative estimate of drug-likeness (QED) is 0.431. The van der Waals surface area contributed by atoms with Gasteiger partial charge in [0.1, 0.15) is 18.1 Å². The highest BCUT2D eigenvalue weighted by Gasteiger charge is 2.23. The van der Waals surface area contributed by atoms with E-state index in [0.717, 1.165) is 12.8 Å². The van der Waals surface area contributed by atoms with Crippen LogP contribution in [-0.2, 0) is 22.7 Å². The first-order chi connectivity index (χ1) is 16.4. The van der Waals surface area contributed by atoms with Crippen molar-refractivity contribution >= 4 is 34.4 Å². The molecule has 8 heteroatoms. The summed E-state index contributed by atoms with van der Waals surface area (Å²) in [4.78, 5) is 26.2. The van der Waals surface area contributed by atoms with Gasteiger partial charge < -0.3 is 10.0 Å². The lowest BCUT2D eigenvalue weighted by atomic mass is 9.86. The van der Waals surface area contributed by atoms with Crippen molar-refractivity contribution in [3.05, 3.63) is 52.8 Å². The molecule has 34 heavy (non-hydrogen) atoms. The van der Waals surface area contributed by atoms with Crippen molar-refractivity contribution in [2.45, 2.75) is 58.5 Å². The third-order valence-electron chi connectivity index (χ3n) is 6.60. The minimum Gasteiger partial charge on any atom is -0.480 e. The summed E-state index contributed by atoms with van der Waals surface area (Å²) in [5.74, 6) is -0.925. The van der Waals surface area contributed by atoms with Gasteiger partial charge in [-0.3, -0.25) is 14.3 Å². The molecule has 4 rings (SSSR count). The molecule has 0 bridgehead atoms. The number of carboxylic acids is 1. The molecule has 0 radical (unpaired) electrons. The Morgan fingerprint density at radius 1 is 1.18 bits per heavy atom. The summed E-state index contributed by atoms with van der Waals surface area (Å²) in [5, 5.41) is 15.0. The monoisotopic (exact) mass is 485 g/mol. The maximum atomic E-state index is 14.3. The number of aromatic nitrogens is 2. The van der Waals surface area contributed by atoms with Crippen LogP contribution < -0.4 is 0 Å². The summed E-state index contributed by atoms with van der Waals surface area (Å²) in [6.45, 7) is 2.38. The van der Waals surface area contributed by atoms with Gasteiger partial charge in [0.15, 0.2) is 0 Å². The molecular formula is C26H29ClFN3O3. The summed E-state index contributed by atoms with van der Waals surface area (Å²) in [5.41, 5.74) is 2.42. The van der Waals surface area contributed by atoms with Crippen LogP contribution in [-0.4, -0.2) is 38.2 Å². The predicted octanol–water partition coefficient (Wildman–Crippen LogP) is 5.90. The van der Waals surface area contributed by atoms with Crippen molar-refractivity contribution in [3.8, 4) is 11.3 Å². The first-order valence-corrected chi connectivity index (χ1v) is 12.2. The number of fused-ring (bicyclic) bond motifs is 1. The molecule has 0 unspecified atom stereocenters. The summed E-state index contributed by atoms with van der Waals surface area (Å²) < 4.78 is 15.7. The predicted molar refractivity (Wildman–Crippen MR) is 130 cm³/mol. The lowest BCUT2D eigenvalue weighted by molar-refractivity contribution is -0.138. The topological polar surface area (TPSA) is 75.4 Å². The molecule has 1 fully saturated rings. The molecule has 0 saturated heterocycles. The van der Waals surface area contributed by atoms with Gasteiger partial charge >= 0.3 is 5.97 Å². The first kappa shape index (κ1) is 24.2. The molecule has 1 amide bonds. The Morgan fingerprint density at radius 3 is 2.65 bits per heavy atom. The Bertz CT molecular complexity index is 1200. The van der Waals surface area contributed by atoms with Gasteiger partial charge in [-0.05, 0) is 67.6 Å². The van der Waals surface area contributed by atoms with Crippen molar-refractivity contribution in [2.24, 2.45) is 5.92 Å². The molecule has 1 aromatic heterocycles. The highest BCUT2D eigenvalue weighted by Crippen LogP contribution is 2.34. The fraction of sp³-hybridized carbons (Fsp3) is 0.423. The lowest BCUT2D eigenvalue weighted by Crippen LogP contribution is -2.32. The lowest BCUT2D eigenvalue weighted by Gasteiger charge is -2.26. The van der Waals surface area contributed by atoms with E-state index in [-0.39, 0.29) is 19.0 Å². The van der Waals surface area contributed by atoms with Crippen LogP contribution in [0.1, 0.15) is 51.0 Å². The Labute approximate surface area is 203 Å². The molecule has 3 aromatic rings. The molecule has 0 spiro atoms. The number of halogens is 2. The number of aliphatic carboxylic acids is 1. The zero-order valence-electron chi connectivity index (χ0n) is 19.3. The van der Waals surface area contributed by atoms with Crippen LogP contribution in [0.4, 0.5) is 4.39 Å². The van der Waals surface area contributed by atoms with Crippen molar-refractivity contribution in [2.75, 3.05) is 6.54 Å². The molecule has 1 saturated carbocycles. The average Bonchev–Trinajstić information content (AvgIpc) is 3.14. The van der Waals surface area contributed by atoms with E-state index >= 15 is 0 Å². The smallest absolute Gasteiger partial charge is 0.325 e. The van der Waals surface area contributed by atoms with E-state index in [1.54, 1.807) is 29.2 Å². The molecule has 1 heterocycles. The molecule has 1 N–H and O–H groups in total. The maximum Gasteiger partial charge on any atom is 0.325 e. The molecule has 180 valence electrons. The van der Waals surface area contributed by atoms with E-state index in [1.165, 1.54) is 36.1 Å². The van der Waals surface area contributed by atoms with Crippen molar-refractivity contribution < 1.29 is 19.1 Å². The Balaban J connectivity index is 1.70. The van der Waals surface area contributed by atoms with Crippen LogP contribution in [0, 0.1) is 11.7 Å². The zero-order chi connectivity index (χ0) is 24.2. The molecule has 1 aliphatic carbocycles. The normalized spacial score (nSPS) is 14.4. The number of carbonyl (C=O) groups excluding carboxylic acids is 1. The second-order valence-electron chi connectivity index (χ2n) is 8.98. The third-order valence-corrected chi connectivity index (χ3v) is 6.84. The average molecular weight is 486 g/mol. The number of nitrogens with zero attached hydrogens (tertiary/aromatic N) is 3. The maximum absolute atomic E-state index is 14.3. The Kier molecular flexibility index (Phi) is 7.51. The fourth-order valence-corrected chi connectivity index (χ4v) is 5.04. The van der Waals surface area contributed by atoms with E-state index < -0.39 is 11.8 Å². The van der Waals surface area contributed by atoms with Gasteiger partial charge in [0.05, 0.1) is 5.52 Å². The Hall–Kier alpha value is -2.93. The molecular weight excluding hydrogens is 457 g/mol. The van der Waals surface area contributed by atoms with Gasteiger partial charge in [-0.15, -0.1) is 0 Å². The van der Waals surface area contributed by atoms with Gasteiger partial charge in [-0.1, -0.05) is 30.9 Å². The number of hydrogen-bond acceptors (Lipinski definition) is 3. The van der Waals surface area contributed by atoms with E-state index in [0.29, 0.717) is 51.6 Å². The minimum atomic E-state index is -1.02. The van der Waals surface area contributed by atoms with E-state index in [2.05, 4.69) is 5.10 Å².